The molecule has 0 bridgehead atoms. The Balaban J connectivity index is 5.39. The van der Waals surface area contributed by atoms with Gasteiger partial charge in [-0.1, -0.05) is 12.7 Å². The summed E-state index contributed by atoms with van der Waals surface area (Å²) < 4.78 is 15.2. The average Bonchev–Trinajstić information content (AvgIpc) is 2.70. The first-order valence-electron chi connectivity index (χ1n) is 11.1. The predicted molar refractivity (Wildman–Crippen MR) is 125 cm³/mol. The molecule has 35 heavy (non-hydrogen) atoms. The lowest BCUT2D eigenvalue weighted by atomic mass is 10.1. The highest BCUT2D eigenvalue weighted by atomic mass is 16.6. The molecule has 2 atom stereocenters. The number of carbonyl (C=O) groups is 6. The Labute approximate surface area is 205 Å². The van der Waals surface area contributed by atoms with E-state index < -0.39 is 66.0 Å². The standard InChI is InChI=1S/C23H37N3O9/c1-8-11-33-19(30)13-24-20(31)15(9-10-17(28)34-22(2,3)4)26-21(32)16(25-14-27)12-18(29)35-23(5,6)7/h8,14-16H,1,9-13H2,2-7H3,(H,24,31)(H,25,27)(H,26,32)/t15?,16-/m0/s1. The van der Waals surface area contributed by atoms with Crippen molar-refractivity contribution in [1.82, 2.24) is 16.0 Å². The molecular formula is C23H37N3O9. The van der Waals surface area contributed by atoms with Crippen LogP contribution in [0.4, 0.5) is 0 Å². The van der Waals surface area contributed by atoms with Crippen LogP contribution in [-0.4, -0.2) is 72.6 Å². The van der Waals surface area contributed by atoms with Crippen LogP contribution in [0.1, 0.15) is 60.8 Å². The maximum Gasteiger partial charge on any atom is 0.325 e. The Morgan fingerprint density at radius 1 is 0.857 bits per heavy atom. The second-order valence-electron chi connectivity index (χ2n) is 9.50. The minimum absolute atomic E-state index is 0.0444. The minimum atomic E-state index is -1.34. The Hall–Kier alpha value is -3.44. The summed E-state index contributed by atoms with van der Waals surface area (Å²) in [6.45, 7) is 12.8. The molecule has 3 N–H and O–H groups in total. The molecule has 0 aliphatic carbocycles. The van der Waals surface area contributed by atoms with Crippen LogP contribution >= 0.6 is 0 Å². The number of rotatable bonds is 14. The first-order chi connectivity index (χ1) is 16.1. The van der Waals surface area contributed by atoms with E-state index in [4.69, 9.17) is 14.2 Å². The fraction of sp³-hybridized carbons (Fsp3) is 0.652. The van der Waals surface area contributed by atoms with E-state index in [-0.39, 0.29) is 25.9 Å². The highest BCUT2D eigenvalue weighted by Gasteiger charge is 2.30. The van der Waals surface area contributed by atoms with E-state index in [9.17, 15) is 28.8 Å². The number of hydrogen-bond acceptors (Lipinski definition) is 9. The van der Waals surface area contributed by atoms with E-state index in [0.717, 1.165) is 0 Å². The van der Waals surface area contributed by atoms with Crippen molar-refractivity contribution >= 4 is 36.1 Å². The number of carbonyl (C=O) groups excluding carboxylic acids is 6. The molecule has 0 saturated carbocycles. The van der Waals surface area contributed by atoms with Crippen LogP contribution in [0.3, 0.4) is 0 Å². The van der Waals surface area contributed by atoms with Gasteiger partial charge in [-0.2, -0.15) is 0 Å². The van der Waals surface area contributed by atoms with Crippen LogP contribution in [0, 0.1) is 0 Å². The second kappa shape index (κ2) is 14.7. The van der Waals surface area contributed by atoms with Gasteiger partial charge in [0.1, 0.15) is 36.4 Å². The smallest absolute Gasteiger partial charge is 0.325 e. The highest BCUT2D eigenvalue weighted by Crippen LogP contribution is 2.12. The number of nitrogens with one attached hydrogen (secondary N) is 3. The van der Waals surface area contributed by atoms with E-state index in [1.165, 1.54) is 6.08 Å². The van der Waals surface area contributed by atoms with Crippen molar-refractivity contribution in [2.75, 3.05) is 13.2 Å². The van der Waals surface area contributed by atoms with Gasteiger partial charge in [0.2, 0.25) is 18.2 Å². The minimum Gasteiger partial charge on any atom is -0.460 e. The lowest BCUT2D eigenvalue weighted by Crippen LogP contribution is -2.54. The van der Waals surface area contributed by atoms with Crippen molar-refractivity contribution in [2.24, 2.45) is 0 Å². The molecule has 0 saturated heterocycles. The van der Waals surface area contributed by atoms with Gasteiger partial charge in [-0.15, -0.1) is 0 Å². The molecule has 0 aromatic heterocycles. The zero-order valence-corrected chi connectivity index (χ0v) is 21.2. The van der Waals surface area contributed by atoms with Crippen LogP contribution in [0.2, 0.25) is 0 Å². The normalized spacial score (nSPS) is 12.9. The van der Waals surface area contributed by atoms with Crippen LogP contribution in [0.15, 0.2) is 12.7 Å². The number of amides is 3. The fourth-order valence-corrected chi connectivity index (χ4v) is 2.54. The van der Waals surface area contributed by atoms with E-state index in [1.54, 1.807) is 41.5 Å². The first-order valence-corrected chi connectivity index (χ1v) is 11.1. The Morgan fingerprint density at radius 3 is 1.94 bits per heavy atom. The van der Waals surface area contributed by atoms with Gasteiger partial charge < -0.3 is 30.2 Å². The number of hydrogen-bond donors (Lipinski definition) is 3. The molecule has 3 amide bonds. The lowest BCUT2D eigenvalue weighted by Gasteiger charge is -2.24. The average molecular weight is 500 g/mol. The molecule has 0 aliphatic heterocycles. The summed E-state index contributed by atoms with van der Waals surface area (Å²) >= 11 is 0. The van der Waals surface area contributed by atoms with Crippen LogP contribution < -0.4 is 16.0 Å². The van der Waals surface area contributed by atoms with Gasteiger partial charge in [0.25, 0.3) is 0 Å². The molecule has 198 valence electrons. The Morgan fingerprint density at radius 2 is 1.43 bits per heavy atom. The molecule has 12 nitrogen and oxygen atoms in total. The zero-order valence-electron chi connectivity index (χ0n) is 21.2. The second-order valence-corrected chi connectivity index (χ2v) is 9.50. The largest absolute Gasteiger partial charge is 0.460 e. The third kappa shape index (κ3) is 15.9. The van der Waals surface area contributed by atoms with Gasteiger partial charge in [0.15, 0.2) is 0 Å². The maximum atomic E-state index is 12.8. The molecule has 0 heterocycles. The van der Waals surface area contributed by atoms with E-state index in [1.807, 2.05) is 0 Å². The summed E-state index contributed by atoms with van der Waals surface area (Å²) in [5.74, 6) is -3.72. The van der Waals surface area contributed by atoms with Crippen molar-refractivity contribution in [2.45, 2.75) is 84.1 Å². The molecule has 1 unspecified atom stereocenters. The lowest BCUT2D eigenvalue weighted by molar-refractivity contribution is -0.156. The van der Waals surface area contributed by atoms with Crippen molar-refractivity contribution in [3.63, 3.8) is 0 Å². The zero-order chi connectivity index (χ0) is 27.2. The summed E-state index contributed by atoms with van der Waals surface area (Å²) in [6, 6.07) is -2.62. The first kappa shape index (κ1) is 31.6. The number of esters is 3. The molecule has 0 fully saturated rings. The van der Waals surface area contributed by atoms with Gasteiger partial charge >= 0.3 is 17.9 Å². The topological polar surface area (TPSA) is 166 Å². The number of ether oxygens (including phenoxy) is 3. The van der Waals surface area contributed by atoms with Crippen molar-refractivity contribution in [3.05, 3.63) is 12.7 Å². The van der Waals surface area contributed by atoms with E-state index >= 15 is 0 Å². The maximum absolute atomic E-state index is 12.8. The summed E-state index contributed by atoms with van der Waals surface area (Å²) in [5.41, 5.74) is -1.56. The SMILES string of the molecule is C=CCOC(=O)CNC(=O)C(CCC(=O)OC(C)(C)C)NC(=O)[C@H](CC(=O)OC(C)(C)C)NC=O. The van der Waals surface area contributed by atoms with E-state index in [2.05, 4.69) is 22.5 Å². The highest BCUT2D eigenvalue weighted by molar-refractivity contribution is 5.93. The monoisotopic (exact) mass is 499 g/mol. The predicted octanol–water partition coefficient (Wildman–Crippen LogP) is 0.285. The van der Waals surface area contributed by atoms with Crippen molar-refractivity contribution in [1.29, 1.82) is 0 Å². The van der Waals surface area contributed by atoms with Crippen LogP contribution in [0.5, 0.6) is 0 Å². The molecule has 0 spiro atoms. The van der Waals surface area contributed by atoms with Gasteiger partial charge in [-0.05, 0) is 48.0 Å². The van der Waals surface area contributed by atoms with E-state index in [0.29, 0.717) is 0 Å². The molecular weight excluding hydrogens is 462 g/mol. The Kier molecular flexibility index (Phi) is 13.3. The van der Waals surface area contributed by atoms with Gasteiger partial charge in [0.05, 0.1) is 6.42 Å². The van der Waals surface area contributed by atoms with Crippen LogP contribution in [0.25, 0.3) is 0 Å². The molecule has 0 aromatic rings. The molecule has 12 heteroatoms. The van der Waals surface area contributed by atoms with Gasteiger partial charge in [-0.3, -0.25) is 28.8 Å². The third-order valence-corrected chi connectivity index (χ3v) is 3.84. The summed E-state index contributed by atoms with van der Waals surface area (Å²) in [6.07, 6.45) is 0.702. The third-order valence-electron chi connectivity index (χ3n) is 3.84. The van der Waals surface area contributed by atoms with Crippen molar-refractivity contribution in [3.8, 4) is 0 Å². The summed E-state index contributed by atoms with van der Waals surface area (Å²) in [4.78, 5) is 72.3. The fourth-order valence-electron chi connectivity index (χ4n) is 2.54. The van der Waals surface area contributed by atoms with Crippen molar-refractivity contribution < 1.29 is 43.0 Å². The van der Waals surface area contributed by atoms with Crippen LogP contribution in [-0.2, 0) is 43.0 Å². The summed E-state index contributed by atoms with van der Waals surface area (Å²) in [5, 5.41) is 6.93. The molecule has 0 radical (unpaired) electrons. The molecule has 0 aliphatic rings. The Bertz CT molecular complexity index is 782. The molecule has 0 aromatic carbocycles. The quantitative estimate of drug-likeness (QED) is 0.132. The van der Waals surface area contributed by atoms with Gasteiger partial charge in [0, 0.05) is 6.42 Å². The summed E-state index contributed by atoms with van der Waals surface area (Å²) in [7, 11) is 0. The molecule has 0 rings (SSSR count). The van der Waals surface area contributed by atoms with Gasteiger partial charge in [-0.25, -0.2) is 0 Å².